The summed E-state index contributed by atoms with van der Waals surface area (Å²) in [5.74, 6) is -0.344. The maximum atomic E-state index is 11.9. The van der Waals surface area contributed by atoms with Gasteiger partial charge < -0.3 is 9.72 Å². The molecule has 2 aromatic carbocycles. The second kappa shape index (κ2) is 6.09. The Labute approximate surface area is 122 Å². The summed E-state index contributed by atoms with van der Waals surface area (Å²) in [6, 6.07) is 19.5. The van der Waals surface area contributed by atoms with Gasteiger partial charge in [-0.25, -0.2) is 4.79 Å². The molecule has 0 atom stereocenters. The van der Waals surface area contributed by atoms with Crippen LogP contribution in [0.3, 0.4) is 0 Å². The van der Waals surface area contributed by atoms with E-state index in [1.54, 1.807) is 6.07 Å². The zero-order valence-electron chi connectivity index (χ0n) is 11.5. The first-order valence-electron chi connectivity index (χ1n) is 6.79. The summed E-state index contributed by atoms with van der Waals surface area (Å²) in [7, 11) is 0. The van der Waals surface area contributed by atoms with Crippen LogP contribution in [0.5, 0.6) is 0 Å². The second-order valence-electron chi connectivity index (χ2n) is 4.68. The Hall–Kier alpha value is -2.81. The van der Waals surface area contributed by atoms with Crippen LogP contribution in [-0.4, -0.2) is 17.6 Å². The van der Waals surface area contributed by atoms with Crippen molar-refractivity contribution in [3.63, 3.8) is 0 Å². The van der Waals surface area contributed by atoms with Crippen molar-refractivity contribution in [3.8, 4) is 0 Å². The molecule has 0 amide bonds. The van der Waals surface area contributed by atoms with Crippen molar-refractivity contribution in [2.45, 2.75) is 0 Å². The Morgan fingerprint density at radius 2 is 1.81 bits per heavy atom. The first-order chi connectivity index (χ1) is 10.3. The van der Waals surface area contributed by atoms with Gasteiger partial charge in [0.1, 0.15) is 12.3 Å². The molecule has 3 rings (SSSR count). The van der Waals surface area contributed by atoms with Gasteiger partial charge in [-0.3, -0.25) is 0 Å². The zero-order chi connectivity index (χ0) is 14.5. The summed E-state index contributed by atoms with van der Waals surface area (Å²) in [4.78, 5) is 15.0. The van der Waals surface area contributed by atoms with Crippen molar-refractivity contribution in [2.75, 3.05) is 6.61 Å². The summed E-state index contributed by atoms with van der Waals surface area (Å²) in [6.45, 7) is 0.253. The van der Waals surface area contributed by atoms with Crippen molar-refractivity contribution in [2.24, 2.45) is 0 Å². The number of carbonyl (C=O) groups excluding carboxylic acids is 1. The quantitative estimate of drug-likeness (QED) is 0.731. The van der Waals surface area contributed by atoms with Gasteiger partial charge in [-0.05, 0) is 23.8 Å². The van der Waals surface area contributed by atoms with E-state index in [0.717, 1.165) is 16.5 Å². The molecule has 0 radical (unpaired) electrons. The average Bonchev–Trinajstić information content (AvgIpc) is 2.96. The molecule has 0 unspecified atom stereocenters. The molecule has 0 bridgehead atoms. The molecule has 3 aromatic rings. The number of H-pyrrole nitrogens is 1. The number of fused-ring (bicyclic) bond motifs is 1. The Kier molecular flexibility index (Phi) is 3.83. The molecule has 0 saturated carbocycles. The number of aromatic amines is 1. The number of nitrogens with one attached hydrogen (secondary N) is 1. The van der Waals surface area contributed by atoms with E-state index in [1.165, 1.54) is 0 Å². The number of hydrogen-bond acceptors (Lipinski definition) is 2. The Morgan fingerprint density at radius 1 is 1.05 bits per heavy atom. The van der Waals surface area contributed by atoms with E-state index in [-0.39, 0.29) is 12.6 Å². The molecular weight excluding hydrogens is 262 g/mol. The Balaban J connectivity index is 1.60. The minimum absolute atomic E-state index is 0.253. The predicted octanol–water partition coefficient (Wildman–Crippen LogP) is 4.04. The van der Waals surface area contributed by atoms with E-state index in [2.05, 4.69) is 4.98 Å². The number of para-hydroxylation sites is 1. The molecule has 21 heavy (non-hydrogen) atoms. The van der Waals surface area contributed by atoms with Gasteiger partial charge >= 0.3 is 5.97 Å². The molecular formula is C18H15NO2. The Morgan fingerprint density at radius 3 is 2.62 bits per heavy atom. The summed E-state index contributed by atoms with van der Waals surface area (Å²) in [6.07, 6.45) is 3.76. The van der Waals surface area contributed by atoms with E-state index in [9.17, 15) is 4.79 Å². The SMILES string of the molecule is O=C(OC/C=C/c1ccccc1)c1cc2ccccc2[nH]1. The van der Waals surface area contributed by atoms with Gasteiger partial charge in [-0.2, -0.15) is 0 Å². The van der Waals surface area contributed by atoms with Crippen LogP contribution in [0.4, 0.5) is 0 Å². The number of ether oxygens (including phenoxy) is 1. The van der Waals surface area contributed by atoms with E-state index >= 15 is 0 Å². The average molecular weight is 277 g/mol. The van der Waals surface area contributed by atoms with Gasteiger partial charge in [-0.1, -0.05) is 54.6 Å². The molecule has 104 valence electrons. The molecule has 0 aliphatic rings. The van der Waals surface area contributed by atoms with Crippen molar-refractivity contribution < 1.29 is 9.53 Å². The van der Waals surface area contributed by atoms with Gasteiger partial charge in [-0.15, -0.1) is 0 Å². The van der Waals surface area contributed by atoms with Gasteiger partial charge in [0, 0.05) is 10.9 Å². The van der Waals surface area contributed by atoms with Crippen molar-refractivity contribution >= 4 is 22.9 Å². The van der Waals surface area contributed by atoms with Crippen LogP contribution in [0.25, 0.3) is 17.0 Å². The van der Waals surface area contributed by atoms with Gasteiger partial charge in [0.05, 0.1) is 0 Å². The maximum absolute atomic E-state index is 11.9. The molecule has 1 aromatic heterocycles. The molecule has 0 saturated heterocycles. The lowest BCUT2D eigenvalue weighted by Crippen LogP contribution is -2.05. The highest BCUT2D eigenvalue weighted by Crippen LogP contribution is 2.15. The monoisotopic (exact) mass is 277 g/mol. The summed E-state index contributed by atoms with van der Waals surface area (Å²) in [5.41, 5.74) is 2.49. The highest BCUT2D eigenvalue weighted by molar-refractivity contribution is 5.94. The normalized spacial score (nSPS) is 11.0. The third kappa shape index (κ3) is 3.20. The minimum Gasteiger partial charge on any atom is -0.457 e. The van der Waals surface area contributed by atoms with Crippen LogP contribution < -0.4 is 0 Å². The molecule has 0 spiro atoms. The molecule has 0 fully saturated rings. The number of hydrogen-bond donors (Lipinski definition) is 1. The van der Waals surface area contributed by atoms with Crippen LogP contribution in [0.1, 0.15) is 16.1 Å². The lowest BCUT2D eigenvalue weighted by atomic mass is 10.2. The van der Waals surface area contributed by atoms with Crippen molar-refractivity contribution in [3.05, 3.63) is 78.0 Å². The smallest absolute Gasteiger partial charge is 0.355 e. The van der Waals surface area contributed by atoms with E-state index in [1.807, 2.05) is 66.7 Å². The highest BCUT2D eigenvalue weighted by atomic mass is 16.5. The molecule has 0 aliphatic carbocycles. The summed E-state index contributed by atoms with van der Waals surface area (Å²) >= 11 is 0. The summed E-state index contributed by atoms with van der Waals surface area (Å²) in [5, 5.41) is 1.00. The standard InChI is InChI=1S/C18H15NO2/c20-18(17-13-15-10-4-5-11-16(15)19-17)21-12-6-9-14-7-2-1-3-8-14/h1-11,13,19H,12H2/b9-6+. The third-order valence-corrected chi connectivity index (χ3v) is 3.17. The number of esters is 1. The van der Waals surface area contributed by atoms with Crippen LogP contribution in [0.2, 0.25) is 0 Å². The van der Waals surface area contributed by atoms with Crippen LogP contribution in [-0.2, 0) is 4.74 Å². The van der Waals surface area contributed by atoms with E-state index in [4.69, 9.17) is 4.74 Å². The first-order valence-corrected chi connectivity index (χ1v) is 6.79. The van der Waals surface area contributed by atoms with Crippen molar-refractivity contribution in [1.29, 1.82) is 0 Å². The first kappa shape index (κ1) is 13.2. The van der Waals surface area contributed by atoms with Gasteiger partial charge in [0.15, 0.2) is 0 Å². The van der Waals surface area contributed by atoms with Crippen LogP contribution in [0, 0.1) is 0 Å². The topological polar surface area (TPSA) is 42.1 Å². The number of benzene rings is 2. The second-order valence-corrected chi connectivity index (χ2v) is 4.68. The third-order valence-electron chi connectivity index (χ3n) is 3.17. The van der Waals surface area contributed by atoms with Crippen LogP contribution in [0.15, 0.2) is 66.7 Å². The highest BCUT2D eigenvalue weighted by Gasteiger charge is 2.09. The Bertz CT molecular complexity index is 739. The van der Waals surface area contributed by atoms with Crippen molar-refractivity contribution in [1.82, 2.24) is 4.98 Å². The molecule has 3 heteroatoms. The zero-order valence-corrected chi connectivity index (χ0v) is 11.5. The fourth-order valence-electron chi connectivity index (χ4n) is 2.13. The lowest BCUT2D eigenvalue weighted by Gasteiger charge is -1.99. The predicted molar refractivity (Wildman–Crippen MR) is 84.1 cm³/mol. The number of aromatic nitrogens is 1. The summed E-state index contributed by atoms with van der Waals surface area (Å²) < 4.78 is 5.22. The maximum Gasteiger partial charge on any atom is 0.355 e. The molecule has 0 aliphatic heterocycles. The van der Waals surface area contributed by atoms with Crippen LogP contribution >= 0.6 is 0 Å². The van der Waals surface area contributed by atoms with Gasteiger partial charge in [0.25, 0.3) is 0 Å². The number of carbonyl (C=O) groups is 1. The van der Waals surface area contributed by atoms with E-state index in [0.29, 0.717) is 5.69 Å². The van der Waals surface area contributed by atoms with E-state index < -0.39 is 0 Å². The number of rotatable bonds is 4. The molecule has 3 nitrogen and oxygen atoms in total. The molecule has 1 N–H and O–H groups in total. The molecule has 1 heterocycles. The van der Waals surface area contributed by atoms with Gasteiger partial charge in [0.2, 0.25) is 0 Å². The fraction of sp³-hybridized carbons (Fsp3) is 0.0556. The largest absolute Gasteiger partial charge is 0.457 e. The lowest BCUT2D eigenvalue weighted by molar-refractivity contribution is 0.0544. The fourth-order valence-corrected chi connectivity index (χ4v) is 2.13. The minimum atomic E-state index is -0.344.